The van der Waals surface area contributed by atoms with Crippen LogP contribution in [0.4, 0.5) is 0 Å². The van der Waals surface area contributed by atoms with Crippen LogP contribution in [0.3, 0.4) is 0 Å². The van der Waals surface area contributed by atoms with E-state index in [-0.39, 0.29) is 6.54 Å². The van der Waals surface area contributed by atoms with Gasteiger partial charge in [0.2, 0.25) is 0 Å². The van der Waals surface area contributed by atoms with E-state index in [1.807, 2.05) is 0 Å². The Morgan fingerprint density at radius 1 is 1.07 bits per heavy atom. The molecule has 0 atom stereocenters. The van der Waals surface area contributed by atoms with Gasteiger partial charge in [-0.15, -0.1) is 0 Å². The van der Waals surface area contributed by atoms with E-state index in [4.69, 9.17) is 10.2 Å². The lowest BCUT2D eigenvalue weighted by atomic mass is 10.1. The van der Waals surface area contributed by atoms with Crippen molar-refractivity contribution in [3.05, 3.63) is 5.21 Å². The Hall–Kier alpha value is -0.160. The molecule has 0 aliphatic carbocycles. The molecule has 0 heterocycles. The molecule has 0 radical (unpaired) electrons. The van der Waals surface area contributed by atoms with Crippen molar-refractivity contribution >= 4 is 0 Å². The third kappa shape index (κ3) is 9.92. The Morgan fingerprint density at radius 2 is 1.64 bits per heavy atom. The summed E-state index contributed by atoms with van der Waals surface area (Å²) in [5.41, 5.74) is 0. The fourth-order valence-electron chi connectivity index (χ4n) is 1.34. The van der Waals surface area contributed by atoms with Crippen molar-refractivity contribution in [2.75, 3.05) is 13.1 Å². The highest BCUT2D eigenvalue weighted by atomic mass is 16.5. The topological polar surface area (TPSA) is 66.8 Å². The highest BCUT2D eigenvalue weighted by Crippen LogP contribution is 2.05. The monoisotopic (exact) mass is 204 g/mol. The predicted molar refractivity (Wildman–Crippen MR) is 56.5 cm³/mol. The molecule has 0 aromatic rings. The number of rotatable bonds is 9. The van der Waals surface area contributed by atoms with Gasteiger partial charge in [-0.05, 0) is 13.0 Å². The van der Waals surface area contributed by atoms with Crippen LogP contribution in [0.15, 0.2) is 0 Å². The molecule has 0 spiro atoms. The fraction of sp³-hybridized carbons (Fsp3) is 1.00. The Kier molecular flexibility index (Phi) is 9.29. The van der Waals surface area contributed by atoms with Gasteiger partial charge < -0.3 is 20.5 Å². The van der Waals surface area contributed by atoms with E-state index >= 15 is 0 Å². The van der Waals surface area contributed by atoms with Crippen LogP contribution in [0.1, 0.15) is 45.4 Å². The van der Waals surface area contributed by atoms with E-state index in [1.165, 1.54) is 25.7 Å². The molecule has 86 valence electrons. The predicted octanol–water partition coefficient (Wildman–Crippen LogP) is 1.46. The summed E-state index contributed by atoms with van der Waals surface area (Å²) in [5, 5.41) is 28.7. The van der Waals surface area contributed by atoms with E-state index in [9.17, 15) is 5.21 Å². The summed E-state index contributed by atoms with van der Waals surface area (Å²) in [6, 6.07) is 0. The molecule has 0 aromatic carbocycles. The molecule has 0 aliphatic heterocycles. The maximum Gasteiger partial charge on any atom is 0.163 e. The SMILES string of the molecule is CCCCCCCCN([O-])CC(O)O. The lowest BCUT2D eigenvalue weighted by Gasteiger charge is -2.28. The number of unbranched alkanes of at least 4 members (excludes halogenated alkanes) is 5. The lowest BCUT2D eigenvalue weighted by Crippen LogP contribution is -2.28. The molecular weight excluding hydrogens is 182 g/mol. The standard InChI is InChI=1S/C10H22NO3/c1-2-3-4-5-6-7-8-11(14)9-10(12)13/h10,12-13H,2-9H2,1H3/q-1. The molecule has 2 N–H and O–H groups in total. The van der Waals surface area contributed by atoms with E-state index < -0.39 is 6.29 Å². The van der Waals surface area contributed by atoms with Gasteiger partial charge in [-0.1, -0.05) is 39.0 Å². The summed E-state index contributed by atoms with van der Waals surface area (Å²) in [7, 11) is 0. The van der Waals surface area contributed by atoms with Crippen LogP contribution < -0.4 is 0 Å². The van der Waals surface area contributed by atoms with Gasteiger partial charge in [-0.2, -0.15) is 0 Å². The first-order valence-corrected chi connectivity index (χ1v) is 5.45. The molecule has 14 heavy (non-hydrogen) atoms. The Labute approximate surface area is 86.1 Å². The van der Waals surface area contributed by atoms with Crippen LogP contribution in [0.2, 0.25) is 0 Å². The molecule has 0 fully saturated rings. The zero-order chi connectivity index (χ0) is 10.8. The quantitative estimate of drug-likeness (QED) is 0.339. The van der Waals surface area contributed by atoms with Crippen LogP contribution in [0.5, 0.6) is 0 Å². The van der Waals surface area contributed by atoms with Crippen LogP contribution in [0, 0.1) is 5.21 Å². The van der Waals surface area contributed by atoms with Gasteiger partial charge in [0.05, 0.1) is 0 Å². The minimum absolute atomic E-state index is 0.199. The number of aliphatic hydroxyl groups excluding tert-OH is 1. The molecule has 0 saturated heterocycles. The second-order valence-electron chi connectivity index (χ2n) is 3.64. The van der Waals surface area contributed by atoms with Crippen LogP contribution in [-0.2, 0) is 0 Å². The first kappa shape index (κ1) is 13.8. The van der Waals surface area contributed by atoms with Crippen LogP contribution in [0.25, 0.3) is 0 Å². The van der Waals surface area contributed by atoms with Crippen molar-refractivity contribution in [1.29, 1.82) is 0 Å². The Balaban J connectivity index is 3.10. The molecule has 4 heteroatoms. The van der Waals surface area contributed by atoms with Gasteiger partial charge in [0.25, 0.3) is 0 Å². The second-order valence-corrected chi connectivity index (χ2v) is 3.64. The largest absolute Gasteiger partial charge is 0.785 e. The molecule has 0 aromatic heterocycles. The van der Waals surface area contributed by atoms with Gasteiger partial charge in [-0.3, -0.25) is 0 Å². The third-order valence-electron chi connectivity index (χ3n) is 2.13. The van der Waals surface area contributed by atoms with E-state index in [1.54, 1.807) is 0 Å². The Bertz CT molecular complexity index is 120. The Morgan fingerprint density at radius 3 is 2.21 bits per heavy atom. The van der Waals surface area contributed by atoms with Gasteiger partial charge in [0.15, 0.2) is 6.29 Å². The van der Waals surface area contributed by atoms with Gasteiger partial charge in [0.1, 0.15) is 0 Å². The van der Waals surface area contributed by atoms with Crippen LogP contribution >= 0.6 is 0 Å². The van der Waals surface area contributed by atoms with Crippen molar-refractivity contribution in [1.82, 2.24) is 5.06 Å². The van der Waals surface area contributed by atoms with Crippen molar-refractivity contribution < 1.29 is 10.2 Å². The number of nitrogens with zero attached hydrogens (tertiary/aromatic N) is 1. The summed E-state index contributed by atoms with van der Waals surface area (Å²) < 4.78 is 0. The molecule has 0 amide bonds. The highest BCUT2D eigenvalue weighted by Gasteiger charge is 1.98. The molecular formula is C10H22NO3-. The average molecular weight is 204 g/mol. The molecule has 0 saturated carbocycles. The third-order valence-corrected chi connectivity index (χ3v) is 2.13. The van der Waals surface area contributed by atoms with E-state index in [0.717, 1.165) is 12.8 Å². The van der Waals surface area contributed by atoms with Crippen molar-refractivity contribution in [2.24, 2.45) is 0 Å². The number of hydrogen-bond donors (Lipinski definition) is 2. The molecule has 0 unspecified atom stereocenters. The van der Waals surface area contributed by atoms with Crippen molar-refractivity contribution in [3.8, 4) is 0 Å². The van der Waals surface area contributed by atoms with Crippen molar-refractivity contribution in [3.63, 3.8) is 0 Å². The summed E-state index contributed by atoms with van der Waals surface area (Å²) in [6.45, 7) is 2.38. The average Bonchev–Trinajstić information content (AvgIpc) is 2.10. The van der Waals surface area contributed by atoms with Gasteiger partial charge >= 0.3 is 0 Å². The zero-order valence-corrected chi connectivity index (χ0v) is 8.98. The molecule has 0 rings (SSSR count). The second kappa shape index (κ2) is 9.40. The maximum absolute atomic E-state index is 10.9. The molecule has 0 aliphatic rings. The minimum Gasteiger partial charge on any atom is -0.785 e. The van der Waals surface area contributed by atoms with Gasteiger partial charge in [0, 0.05) is 6.54 Å². The zero-order valence-electron chi connectivity index (χ0n) is 8.98. The highest BCUT2D eigenvalue weighted by molar-refractivity contribution is 4.58. The molecule has 0 bridgehead atoms. The molecule has 4 nitrogen and oxygen atoms in total. The van der Waals surface area contributed by atoms with Crippen molar-refractivity contribution in [2.45, 2.75) is 51.7 Å². The van der Waals surface area contributed by atoms with Crippen LogP contribution in [-0.4, -0.2) is 34.7 Å². The smallest absolute Gasteiger partial charge is 0.163 e. The summed E-state index contributed by atoms with van der Waals surface area (Å²) >= 11 is 0. The first-order valence-electron chi connectivity index (χ1n) is 5.45. The number of hydrogen-bond acceptors (Lipinski definition) is 4. The summed E-state index contributed by atoms with van der Waals surface area (Å²) in [4.78, 5) is 0. The lowest BCUT2D eigenvalue weighted by molar-refractivity contribution is -0.0542. The van der Waals surface area contributed by atoms with Gasteiger partial charge in [-0.25, -0.2) is 0 Å². The summed E-state index contributed by atoms with van der Waals surface area (Å²) in [6.07, 6.45) is 5.29. The summed E-state index contributed by atoms with van der Waals surface area (Å²) in [5.74, 6) is 0. The first-order chi connectivity index (χ1) is 6.66. The van der Waals surface area contributed by atoms with E-state index in [0.29, 0.717) is 11.6 Å². The van der Waals surface area contributed by atoms with E-state index in [2.05, 4.69) is 6.92 Å². The number of hydroxylamine groups is 2. The maximum atomic E-state index is 10.9. The normalized spacial score (nSPS) is 11.6. The fourth-order valence-corrected chi connectivity index (χ4v) is 1.34. The number of aliphatic hydroxyl groups is 2. The minimum atomic E-state index is -1.51.